The van der Waals surface area contributed by atoms with Crippen molar-refractivity contribution in [3.63, 3.8) is 0 Å². The minimum Gasteiger partial charge on any atom is -0.357 e. The fraction of sp³-hybridized carbons (Fsp3) is 0.667. The van der Waals surface area contributed by atoms with Crippen LogP contribution < -0.4 is 10.6 Å². The number of nitrogens with one attached hydrogen (secondary N) is 2. The summed E-state index contributed by atoms with van der Waals surface area (Å²) in [6.07, 6.45) is 1.05. The number of aliphatic imine (C=N–C) groups is 1. The summed E-state index contributed by atoms with van der Waals surface area (Å²) in [7, 11) is 0. The second kappa shape index (κ2) is 13.3. The molecule has 0 aromatic carbocycles. The lowest BCUT2D eigenvalue weighted by molar-refractivity contribution is 0.313. The van der Waals surface area contributed by atoms with E-state index in [9.17, 15) is 0 Å². The van der Waals surface area contributed by atoms with Gasteiger partial charge in [0.25, 0.3) is 0 Å². The number of likely N-dealkylation sites (N-methyl/N-ethyl adjacent to an activating group) is 1. The molecule has 4 nitrogen and oxygen atoms in total. The summed E-state index contributed by atoms with van der Waals surface area (Å²) in [4.78, 5) is 8.43. The van der Waals surface area contributed by atoms with E-state index in [0.717, 1.165) is 51.6 Å². The zero-order valence-electron chi connectivity index (χ0n) is 13.4. The number of nitrogens with zero attached hydrogens (tertiary/aromatic N) is 2. The fourth-order valence-corrected chi connectivity index (χ4v) is 2.65. The van der Waals surface area contributed by atoms with Crippen LogP contribution in [-0.2, 0) is 6.42 Å². The molecule has 0 aliphatic heterocycles. The molecule has 0 unspecified atom stereocenters. The zero-order chi connectivity index (χ0) is 14.6. The predicted molar refractivity (Wildman–Crippen MR) is 105 cm³/mol. The van der Waals surface area contributed by atoms with Gasteiger partial charge >= 0.3 is 0 Å². The molecule has 1 heterocycles. The third-order valence-electron chi connectivity index (χ3n) is 3.17. The smallest absolute Gasteiger partial charge is 0.191 e. The average molecular weight is 424 g/mol. The van der Waals surface area contributed by atoms with Crippen molar-refractivity contribution in [3.05, 3.63) is 22.4 Å². The van der Waals surface area contributed by atoms with Gasteiger partial charge in [-0.2, -0.15) is 0 Å². The first-order valence-corrected chi connectivity index (χ1v) is 8.45. The van der Waals surface area contributed by atoms with Crippen LogP contribution in [0.1, 0.15) is 25.6 Å². The maximum absolute atomic E-state index is 4.62. The summed E-state index contributed by atoms with van der Waals surface area (Å²) in [5.41, 5.74) is 0. The summed E-state index contributed by atoms with van der Waals surface area (Å²) in [5.74, 6) is 0.927. The number of rotatable bonds is 9. The van der Waals surface area contributed by atoms with Crippen molar-refractivity contribution in [2.45, 2.75) is 27.2 Å². The van der Waals surface area contributed by atoms with Crippen molar-refractivity contribution in [3.8, 4) is 0 Å². The van der Waals surface area contributed by atoms with E-state index in [1.807, 2.05) is 11.3 Å². The van der Waals surface area contributed by atoms with Crippen LogP contribution in [-0.4, -0.2) is 50.1 Å². The number of guanidine groups is 1. The Labute approximate surface area is 150 Å². The van der Waals surface area contributed by atoms with E-state index < -0.39 is 0 Å². The molecule has 2 N–H and O–H groups in total. The standard InChI is InChI=1S/C15H28N4S.HI/c1-4-16-15(18-11-12-19(5-2)6-3)17-10-9-14-8-7-13-20-14;/h7-8,13H,4-6,9-12H2,1-3H3,(H2,16,17,18);1H. The van der Waals surface area contributed by atoms with Gasteiger partial charge in [-0.15, -0.1) is 35.3 Å². The largest absolute Gasteiger partial charge is 0.357 e. The lowest BCUT2D eigenvalue weighted by Crippen LogP contribution is -2.39. The van der Waals surface area contributed by atoms with E-state index in [1.54, 1.807) is 0 Å². The molecule has 0 saturated carbocycles. The van der Waals surface area contributed by atoms with Crippen LogP contribution in [0.15, 0.2) is 22.5 Å². The zero-order valence-corrected chi connectivity index (χ0v) is 16.5. The molecule has 21 heavy (non-hydrogen) atoms. The summed E-state index contributed by atoms with van der Waals surface area (Å²) < 4.78 is 0. The molecule has 122 valence electrons. The highest BCUT2D eigenvalue weighted by molar-refractivity contribution is 14.0. The predicted octanol–water partition coefficient (Wildman–Crippen LogP) is 2.81. The third-order valence-corrected chi connectivity index (χ3v) is 4.10. The highest BCUT2D eigenvalue weighted by Crippen LogP contribution is 2.07. The Balaban J connectivity index is 0.00000400. The molecule has 0 saturated heterocycles. The second-order valence-corrected chi connectivity index (χ2v) is 5.58. The van der Waals surface area contributed by atoms with Crippen LogP contribution in [0.4, 0.5) is 0 Å². The molecule has 0 aliphatic rings. The first-order chi connectivity index (χ1) is 9.80. The van der Waals surface area contributed by atoms with Crippen LogP contribution in [0, 0.1) is 0 Å². The van der Waals surface area contributed by atoms with Gasteiger partial charge in [0, 0.05) is 24.5 Å². The van der Waals surface area contributed by atoms with Crippen molar-refractivity contribution < 1.29 is 0 Å². The van der Waals surface area contributed by atoms with Gasteiger partial charge in [0.1, 0.15) is 0 Å². The summed E-state index contributed by atoms with van der Waals surface area (Å²) >= 11 is 1.81. The lowest BCUT2D eigenvalue weighted by atomic mass is 10.3. The van der Waals surface area contributed by atoms with E-state index in [-0.39, 0.29) is 24.0 Å². The van der Waals surface area contributed by atoms with Gasteiger partial charge in [0.2, 0.25) is 0 Å². The van der Waals surface area contributed by atoms with Gasteiger partial charge in [-0.05, 0) is 37.9 Å². The Morgan fingerprint density at radius 3 is 2.57 bits per heavy atom. The van der Waals surface area contributed by atoms with Gasteiger partial charge in [0.15, 0.2) is 5.96 Å². The van der Waals surface area contributed by atoms with E-state index in [4.69, 9.17) is 0 Å². The number of hydrogen-bond acceptors (Lipinski definition) is 3. The van der Waals surface area contributed by atoms with Gasteiger partial charge in [-0.25, -0.2) is 0 Å². The maximum Gasteiger partial charge on any atom is 0.191 e. The molecule has 6 heteroatoms. The second-order valence-electron chi connectivity index (χ2n) is 4.54. The third kappa shape index (κ3) is 9.31. The first kappa shape index (κ1) is 20.7. The van der Waals surface area contributed by atoms with Crippen molar-refractivity contribution in [2.24, 2.45) is 4.99 Å². The van der Waals surface area contributed by atoms with Gasteiger partial charge in [0.05, 0.1) is 6.54 Å². The van der Waals surface area contributed by atoms with Crippen molar-refractivity contribution >= 4 is 41.3 Å². The summed E-state index contributed by atoms with van der Waals surface area (Å²) in [6.45, 7) is 12.4. The van der Waals surface area contributed by atoms with Gasteiger partial charge < -0.3 is 15.5 Å². The highest BCUT2D eigenvalue weighted by atomic mass is 127. The van der Waals surface area contributed by atoms with Crippen LogP contribution in [0.5, 0.6) is 0 Å². The Hall–Kier alpha value is -0.340. The first-order valence-electron chi connectivity index (χ1n) is 7.57. The minimum atomic E-state index is 0. The molecule has 0 fully saturated rings. The van der Waals surface area contributed by atoms with Crippen LogP contribution in [0.2, 0.25) is 0 Å². The fourth-order valence-electron chi connectivity index (χ4n) is 1.94. The molecule has 1 aromatic heterocycles. The average Bonchev–Trinajstić information content (AvgIpc) is 2.97. The molecule has 0 amide bonds. The Morgan fingerprint density at radius 1 is 1.24 bits per heavy atom. The van der Waals surface area contributed by atoms with E-state index in [1.165, 1.54) is 4.88 Å². The van der Waals surface area contributed by atoms with Crippen LogP contribution >= 0.6 is 35.3 Å². The van der Waals surface area contributed by atoms with E-state index >= 15 is 0 Å². The Morgan fingerprint density at radius 2 is 2.00 bits per heavy atom. The molecular weight excluding hydrogens is 395 g/mol. The normalized spacial score (nSPS) is 11.3. The Bertz CT molecular complexity index is 364. The monoisotopic (exact) mass is 424 g/mol. The molecule has 0 atom stereocenters. The molecule has 0 spiro atoms. The number of halogens is 1. The van der Waals surface area contributed by atoms with Gasteiger partial charge in [-0.1, -0.05) is 19.9 Å². The van der Waals surface area contributed by atoms with Crippen molar-refractivity contribution in [2.75, 3.05) is 39.3 Å². The molecule has 0 bridgehead atoms. The van der Waals surface area contributed by atoms with Crippen molar-refractivity contribution in [1.29, 1.82) is 0 Å². The van der Waals surface area contributed by atoms with Crippen molar-refractivity contribution in [1.82, 2.24) is 15.5 Å². The summed E-state index contributed by atoms with van der Waals surface area (Å²) in [5, 5.41) is 8.82. The van der Waals surface area contributed by atoms with Gasteiger partial charge in [-0.3, -0.25) is 4.99 Å². The highest BCUT2D eigenvalue weighted by Gasteiger charge is 2.00. The SMILES string of the molecule is CCNC(=NCCN(CC)CC)NCCc1cccs1.I. The maximum atomic E-state index is 4.62. The molecule has 1 aromatic rings. The van der Waals surface area contributed by atoms with E-state index in [0.29, 0.717) is 0 Å². The Kier molecular flexibility index (Phi) is 13.1. The number of thiophene rings is 1. The van der Waals surface area contributed by atoms with E-state index in [2.05, 4.69) is 58.8 Å². The molecular formula is C15H29IN4S. The number of hydrogen-bond donors (Lipinski definition) is 2. The molecule has 0 aliphatic carbocycles. The lowest BCUT2D eigenvalue weighted by Gasteiger charge is -2.17. The van der Waals surface area contributed by atoms with Crippen LogP contribution in [0.3, 0.4) is 0 Å². The molecule has 1 rings (SSSR count). The topological polar surface area (TPSA) is 39.7 Å². The quantitative estimate of drug-likeness (QED) is 0.364. The molecule has 0 radical (unpaired) electrons. The minimum absolute atomic E-state index is 0. The van der Waals surface area contributed by atoms with Crippen LogP contribution in [0.25, 0.3) is 0 Å². The summed E-state index contributed by atoms with van der Waals surface area (Å²) in [6, 6.07) is 4.28.